The number of fused-ring (bicyclic) bond motifs is 1. The first-order valence-electron chi connectivity index (χ1n) is 7.27. The van der Waals surface area contributed by atoms with Crippen molar-refractivity contribution in [2.24, 2.45) is 0 Å². The summed E-state index contributed by atoms with van der Waals surface area (Å²) in [6.45, 7) is 1.92. The number of anilines is 1. The Hall–Kier alpha value is -3.69. The van der Waals surface area contributed by atoms with Gasteiger partial charge in [-0.3, -0.25) is 15.4 Å². The third kappa shape index (κ3) is 3.63. The standard InChI is InChI=1S/C15H13N5O5/c1-2-24-15(21)19-14-17-10-7-9(8-16-13(10)18-14)25-12-6-4-3-5-11(12)20(22)23/h3-8H,2H2,1H3,(H2,16,17,18,19,21). The van der Waals surface area contributed by atoms with Crippen LogP contribution in [0.25, 0.3) is 11.2 Å². The Morgan fingerprint density at radius 1 is 1.40 bits per heavy atom. The van der Waals surface area contributed by atoms with Gasteiger partial charge in [0, 0.05) is 12.1 Å². The fourth-order valence-corrected chi connectivity index (χ4v) is 2.08. The third-order valence-corrected chi connectivity index (χ3v) is 3.10. The molecule has 3 rings (SSSR count). The lowest BCUT2D eigenvalue weighted by molar-refractivity contribution is -0.385. The number of H-pyrrole nitrogens is 1. The van der Waals surface area contributed by atoms with E-state index in [1.807, 2.05) is 0 Å². The fourth-order valence-electron chi connectivity index (χ4n) is 2.08. The monoisotopic (exact) mass is 343 g/mol. The molecule has 0 aliphatic carbocycles. The van der Waals surface area contributed by atoms with Crippen LogP contribution in [0.4, 0.5) is 16.4 Å². The molecule has 2 N–H and O–H groups in total. The van der Waals surface area contributed by atoms with Gasteiger partial charge in [-0.15, -0.1) is 0 Å². The highest BCUT2D eigenvalue weighted by atomic mass is 16.6. The Bertz CT molecular complexity index is 939. The van der Waals surface area contributed by atoms with Crippen molar-refractivity contribution in [3.05, 3.63) is 46.6 Å². The van der Waals surface area contributed by atoms with Gasteiger partial charge in [0.25, 0.3) is 0 Å². The maximum absolute atomic E-state index is 11.4. The molecular weight excluding hydrogens is 330 g/mol. The van der Waals surface area contributed by atoms with Crippen LogP contribution in [-0.2, 0) is 4.74 Å². The number of pyridine rings is 1. The van der Waals surface area contributed by atoms with Crippen LogP contribution in [0.2, 0.25) is 0 Å². The van der Waals surface area contributed by atoms with Gasteiger partial charge in [-0.1, -0.05) is 12.1 Å². The van der Waals surface area contributed by atoms with Crippen molar-refractivity contribution in [1.82, 2.24) is 15.0 Å². The van der Waals surface area contributed by atoms with E-state index in [1.165, 1.54) is 18.3 Å². The van der Waals surface area contributed by atoms with E-state index < -0.39 is 11.0 Å². The van der Waals surface area contributed by atoms with E-state index in [4.69, 9.17) is 9.47 Å². The lowest BCUT2D eigenvalue weighted by Gasteiger charge is -2.05. The van der Waals surface area contributed by atoms with E-state index in [0.717, 1.165) is 0 Å². The molecule has 0 aliphatic heterocycles. The highest BCUT2D eigenvalue weighted by molar-refractivity contribution is 5.85. The van der Waals surface area contributed by atoms with Crippen LogP contribution in [0.5, 0.6) is 11.5 Å². The van der Waals surface area contributed by atoms with E-state index in [1.54, 1.807) is 25.1 Å². The van der Waals surface area contributed by atoms with Crippen LogP contribution in [0.15, 0.2) is 36.5 Å². The second-order valence-corrected chi connectivity index (χ2v) is 4.80. The van der Waals surface area contributed by atoms with Gasteiger partial charge in [-0.2, -0.15) is 0 Å². The van der Waals surface area contributed by atoms with Gasteiger partial charge in [-0.25, -0.2) is 14.8 Å². The Labute approximate surface area is 141 Å². The molecule has 1 amide bonds. The lowest BCUT2D eigenvalue weighted by atomic mass is 10.3. The summed E-state index contributed by atoms with van der Waals surface area (Å²) < 4.78 is 10.3. The first-order chi connectivity index (χ1) is 12.1. The maximum atomic E-state index is 11.4. The molecule has 0 aliphatic rings. The second kappa shape index (κ2) is 6.83. The van der Waals surface area contributed by atoms with Crippen LogP contribution in [0.3, 0.4) is 0 Å². The number of ether oxygens (including phenoxy) is 2. The summed E-state index contributed by atoms with van der Waals surface area (Å²) in [6, 6.07) is 7.56. The number of rotatable bonds is 5. The number of amides is 1. The molecule has 0 fully saturated rings. The maximum Gasteiger partial charge on any atom is 0.413 e. The molecule has 0 saturated carbocycles. The molecule has 0 atom stereocenters. The summed E-state index contributed by atoms with van der Waals surface area (Å²) in [5.41, 5.74) is 0.680. The lowest BCUT2D eigenvalue weighted by Crippen LogP contribution is -2.14. The van der Waals surface area contributed by atoms with Crippen molar-refractivity contribution in [3.8, 4) is 11.5 Å². The summed E-state index contributed by atoms with van der Waals surface area (Å²) in [6.07, 6.45) is 0.753. The zero-order valence-corrected chi connectivity index (χ0v) is 13.1. The molecule has 0 spiro atoms. The predicted octanol–water partition coefficient (Wildman–Crippen LogP) is 3.23. The summed E-state index contributed by atoms with van der Waals surface area (Å²) >= 11 is 0. The van der Waals surface area contributed by atoms with Crippen molar-refractivity contribution in [3.63, 3.8) is 0 Å². The van der Waals surface area contributed by atoms with Gasteiger partial charge < -0.3 is 14.5 Å². The molecule has 0 radical (unpaired) electrons. The van der Waals surface area contributed by atoms with Gasteiger partial charge in [-0.05, 0) is 13.0 Å². The Balaban J connectivity index is 1.84. The van der Waals surface area contributed by atoms with Crippen molar-refractivity contribution in [1.29, 1.82) is 0 Å². The van der Waals surface area contributed by atoms with Crippen molar-refractivity contribution in [2.45, 2.75) is 6.92 Å². The molecule has 128 valence electrons. The minimum Gasteiger partial charge on any atom is -0.450 e. The van der Waals surface area contributed by atoms with Crippen LogP contribution < -0.4 is 10.1 Å². The summed E-state index contributed by atoms with van der Waals surface area (Å²) in [4.78, 5) is 33.0. The number of hydrogen-bond donors (Lipinski definition) is 2. The Morgan fingerprint density at radius 2 is 2.20 bits per heavy atom. The number of benzene rings is 1. The topological polar surface area (TPSA) is 132 Å². The molecule has 25 heavy (non-hydrogen) atoms. The third-order valence-electron chi connectivity index (χ3n) is 3.10. The number of aromatic amines is 1. The summed E-state index contributed by atoms with van der Waals surface area (Å²) in [5, 5.41) is 13.5. The van der Waals surface area contributed by atoms with Gasteiger partial charge >= 0.3 is 11.8 Å². The highest BCUT2D eigenvalue weighted by Crippen LogP contribution is 2.31. The number of carbonyl (C=O) groups is 1. The predicted molar refractivity (Wildman–Crippen MR) is 87.7 cm³/mol. The number of carbonyl (C=O) groups excluding carboxylic acids is 1. The molecule has 3 aromatic rings. The quantitative estimate of drug-likeness (QED) is 0.537. The van der Waals surface area contributed by atoms with Crippen molar-refractivity contribution >= 4 is 28.9 Å². The van der Waals surface area contributed by atoms with E-state index in [2.05, 4.69) is 20.3 Å². The molecule has 10 nitrogen and oxygen atoms in total. The number of nitrogens with zero attached hydrogens (tertiary/aromatic N) is 3. The average molecular weight is 343 g/mol. The van der Waals surface area contributed by atoms with E-state index >= 15 is 0 Å². The average Bonchev–Trinajstić information content (AvgIpc) is 2.96. The van der Waals surface area contributed by atoms with Crippen LogP contribution >= 0.6 is 0 Å². The zero-order valence-electron chi connectivity index (χ0n) is 13.1. The van der Waals surface area contributed by atoms with E-state index in [-0.39, 0.29) is 29.7 Å². The molecule has 0 bridgehead atoms. The molecule has 10 heteroatoms. The molecule has 2 aromatic heterocycles. The zero-order chi connectivity index (χ0) is 17.8. The van der Waals surface area contributed by atoms with Crippen LogP contribution in [0.1, 0.15) is 6.92 Å². The summed E-state index contributed by atoms with van der Waals surface area (Å²) in [7, 11) is 0. The molecule has 0 unspecified atom stereocenters. The minimum absolute atomic E-state index is 0.0917. The molecule has 0 saturated heterocycles. The Morgan fingerprint density at radius 3 is 2.96 bits per heavy atom. The number of aromatic nitrogens is 3. The first-order valence-corrected chi connectivity index (χ1v) is 7.27. The second-order valence-electron chi connectivity index (χ2n) is 4.80. The first kappa shape index (κ1) is 16.2. The van der Waals surface area contributed by atoms with Crippen LogP contribution in [0, 0.1) is 10.1 Å². The minimum atomic E-state index is -0.641. The van der Waals surface area contributed by atoms with Gasteiger partial charge in [0.15, 0.2) is 5.65 Å². The van der Waals surface area contributed by atoms with Gasteiger partial charge in [0.2, 0.25) is 11.7 Å². The van der Waals surface area contributed by atoms with E-state index in [9.17, 15) is 14.9 Å². The SMILES string of the molecule is CCOC(=O)Nc1nc2cc(Oc3ccccc3[N+](=O)[O-])cnc2[nH]1. The van der Waals surface area contributed by atoms with Crippen molar-refractivity contribution in [2.75, 3.05) is 11.9 Å². The summed E-state index contributed by atoms with van der Waals surface area (Å²) in [5.74, 6) is 0.536. The number of imidazole rings is 1. The number of nitro benzene ring substituents is 1. The molecule has 1 aromatic carbocycles. The van der Waals surface area contributed by atoms with E-state index in [0.29, 0.717) is 11.2 Å². The number of para-hydroxylation sites is 2. The van der Waals surface area contributed by atoms with Gasteiger partial charge in [0.05, 0.1) is 17.7 Å². The molecule has 2 heterocycles. The van der Waals surface area contributed by atoms with Crippen LogP contribution in [-0.4, -0.2) is 32.6 Å². The smallest absolute Gasteiger partial charge is 0.413 e. The fraction of sp³-hybridized carbons (Fsp3) is 0.133. The van der Waals surface area contributed by atoms with Crippen molar-refractivity contribution < 1.29 is 19.2 Å². The molecular formula is C15H13N5O5. The van der Waals surface area contributed by atoms with Gasteiger partial charge in [0.1, 0.15) is 11.3 Å². The number of nitrogens with one attached hydrogen (secondary N) is 2. The largest absolute Gasteiger partial charge is 0.450 e. The Kier molecular flexibility index (Phi) is 4.42. The number of hydrogen-bond acceptors (Lipinski definition) is 7. The normalized spacial score (nSPS) is 10.4. The highest BCUT2D eigenvalue weighted by Gasteiger charge is 2.15. The number of nitro groups is 1.